The van der Waals surface area contributed by atoms with Gasteiger partial charge < -0.3 is 10.2 Å². The average molecular weight is 295 g/mol. The summed E-state index contributed by atoms with van der Waals surface area (Å²) in [6.07, 6.45) is 5.36. The van der Waals surface area contributed by atoms with Gasteiger partial charge in [0, 0.05) is 24.2 Å². The number of nitrogens with zero attached hydrogens (tertiary/aromatic N) is 2. The Labute approximate surface area is 130 Å². The lowest BCUT2D eigenvalue weighted by Gasteiger charge is -2.26. The number of aromatic nitrogens is 1. The molecule has 4 heterocycles. The van der Waals surface area contributed by atoms with Crippen LogP contribution in [0.4, 0.5) is 0 Å². The van der Waals surface area contributed by atoms with E-state index in [1.165, 1.54) is 25.9 Å². The number of hydrogen-bond acceptors (Lipinski definition) is 3. The van der Waals surface area contributed by atoms with Crippen molar-refractivity contribution < 1.29 is 4.79 Å². The summed E-state index contributed by atoms with van der Waals surface area (Å²) in [6.45, 7) is 3.37. The number of fused-ring (bicyclic) bond motifs is 5. The van der Waals surface area contributed by atoms with Crippen LogP contribution < -0.4 is 5.32 Å². The molecule has 0 unspecified atom stereocenters. The van der Waals surface area contributed by atoms with E-state index < -0.39 is 0 Å². The van der Waals surface area contributed by atoms with Crippen LogP contribution in [-0.4, -0.2) is 41.5 Å². The smallest absolute Gasteiger partial charge is 0.253 e. The van der Waals surface area contributed by atoms with Crippen molar-refractivity contribution in [1.29, 1.82) is 0 Å². The molecule has 1 amide bonds. The van der Waals surface area contributed by atoms with Crippen molar-refractivity contribution in [2.45, 2.75) is 25.3 Å². The largest absolute Gasteiger partial charge is 0.348 e. The fourth-order valence-corrected chi connectivity index (χ4v) is 3.76. The molecule has 2 aromatic rings. The number of benzene rings is 1. The van der Waals surface area contributed by atoms with Crippen molar-refractivity contribution in [2.24, 2.45) is 5.92 Å². The van der Waals surface area contributed by atoms with Gasteiger partial charge in [0.1, 0.15) is 0 Å². The molecule has 3 aliphatic rings. The number of amides is 1. The number of carbonyl (C=O) groups is 1. The summed E-state index contributed by atoms with van der Waals surface area (Å²) >= 11 is 0. The normalized spacial score (nSPS) is 27.5. The molecule has 0 saturated carbocycles. The molecule has 1 aromatic heterocycles. The predicted molar refractivity (Wildman–Crippen MR) is 86.8 cm³/mol. The third-order valence-corrected chi connectivity index (χ3v) is 4.99. The summed E-state index contributed by atoms with van der Waals surface area (Å²) in [5.74, 6) is 0.782. The van der Waals surface area contributed by atoms with Gasteiger partial charge in [0.25, 0.3) is 5.91 Å². The fourth-order valence-electron chi connectivity index (χ4n) is 3.76. The van der Waals surface area contributed by atoms with Crippen LogP contribution in [0, 0.1) is 5.92 Å². The summed E-state index contributed by atoms with van der Waals surface area (Å²) in [5, 5.41) is 4.23. The van der Waals surface area contributed by atoms with Crippen molar-refractivity contribution in [2.75, 3.05) is 19.6 Å². The number of carbonyl (C=O) groups excluding carboxylic acids is 1. The quantitative estimate of drug-likeness (QED) is 0.925. The third-order valence-electron chi connectivity index (χ3n) is 4.99. The van der Waals surface area contributed by atoms with E-state index in [1.54, 1.807) is 6.20 Å². The van der Waals surface area contributed by atoms with E-state index in [4.69, 9.17) is 0 Å². The van der Waals surface area contributed by atoms with Crippen LogP contribution in [0.15, 0.2) is 36.5 Å². The topological polar surface area (TPSA) is 45.2 Å². The second-order valence-electron chi connectivity index (χ2n) is 6.57. The van der Waals surface area contributed by atoms with Crippen LogP contribution in [0.2, 0.25) is 0 Å². The van der Waals surface area contributed by atoms with Crippen molar-refractivity contribution in [3.05, 3.63) is 42.1 Å². The van der Waals surface area contributed by atoms with E-state index in [1.807, 2.05) is 30.3 Å². The molecule has 5 rings (SSSR count). The average Bonchev–Trinajstić information content (AvgIpc) is 2.86. The van der Waals surface area contributed by atoms with Gasteiger partial charge in [-0.1, -0.05) is 18.2 Å². The molecule has 0 radical (unpaired) electrons. The maximum atomic E-state index is 12.5. The van der Waals surface area contributed by atoms with Crippen LogP contribution in [0.3, 0.4) is 0 Å². The van der Waals surface area contributed by atoms with Gasteiger partial charge in [0.15, 0.2) is 0 Å². The number of hydrogen-bond donors (Lipinski definition) is 1. The van der Waals surface area contributed by atoms with Gasteiger partial charge >= 0.3 is 0 Å². The number of pyridine rings is 1. The first-order valence-electron chi connectivity index (χ1n) is 8.16. The minimum atomic E-state index is 0.00533. The van der Waals surface area contributed by atoms with Crippen LogP contribution in [0.25, 0.3) is 10.9 Å². The van der Waals surface area contributed by atoms with E-state index in [0.29, 0.717) is 5.56 Å². The molecular weight excluding hydrogens is 274 g/mol. The van der Waals surface area contributed by atoms with Crippen LogP contribution in [0.5, 0.6) is 0 Å². The van der Waals surface area contributed by atoms with Gasteiger partial charge in [-0.3, -0.25) is 9.78 Å². The Morgan fingerprint density at radius 1 is 1.23 bits per heavy atom. The Morgan fingerprint density at radius 2 is 2.05 bits per heavy atom. The van der Waals surface area contributed by atoms with E-state index in [-0.39, 0.29) is 11.9 Å². The molecule has 2 bridgehead atoms. The fraction of sp³-hybridized carbons (Fsp3) is 0.444. The Balaban J connectivity index is 1.51. The maximum absolute atomic E-state index is 12.5. The molecule has 1 atom stereocenters. The highest BCUT2D eigenvalue weighted by Crippen LogP contribution is 2.26. The number of rotatable bonds is 2. The van der Waals surface area contributed by atoms with Crippen molar-refractivity contribution in [3.63, 3.8) is 0 Å². The minimum Gasteiger partial charge on any atom is -0.348 e. The molecule has 114 valence electrons. The van der Waals surface area contributed by atoms with Gasteiger partial charge in [0.2, 0.25) is 0 Å². The van der Waals surface area contributed by atoms with E-state index in [0.717, 1.165) is 29.8 Å². The molecular formula is C18H21N3O. The van der Waals surface area contributed by atoms with Crippen LogP contribution in [-0.2, 0) is 0 Å². The van der Waals surface area contributed by atoms with Gasteiger partial charge in [-0.05, 0) is 50.4 Å². The molecule has 0 spiro atoms. The molecule has 4 heteroatoms. The SMILES string of the molecule is O=C(N[C@@H]1CC2CCN(CC2)C1)c1cnc2ccccc2c1. The van der Waals surface area contributed by atoms with Gasteiger partial charge in [-0.15, -0.1) is 0 Å². The lowest BCUT2D eigenvalue weighted by molar-refractivity contribution is 0.0928. The first-order chi connectivity index (χ1) is 10.8. The second kappa shape index (κ2) is 5.69. The lowest BCUT2D eigenvalue weighted by Crippen LogP contribution is -2.42. The highest BCUT2D eigenvalue weighted by Gasteiger charge is 2.29. The lowest BCUT2D eigenvalue weighted by atomic mass is 9.94. The van der Waals surface area contributed by atoms with Crippen molar-refractivity contribution in [1.82, 2.24) is 15.2 Å². The Morgan fingerprint density at radius 3 is 2.91 bits per heavy atom. The van der Waals surface area contributed by atoms with Gasteiger partial charge in [0.05, 0.1) is 11.1 Å². The third kappa shape index (κ3) is 2.71. The maximum Gasteiger partial charge on any atom is 0.253 e. The van der Waals surface area contributed by atoms with E-state index >= 15 is 0 Å². The Hall–Kier alpha value is -1.94. The number of piperidine rings is 1. The Kier molecular flexibility index (Phi) is 3.54. The number of nitrogens with one attached hydrogen (secondary N) is 1. The molecule has 3 saturated heterocycles. The predicted octanol–water partition coefficient (Wildman–Crippen LogP) is 2.45. The Bertz CT molecular complexity index is 678. The minimum absolute atomic E-state index is 0.00533. The molecule has 4 nitrogen and oxygen atoms in total. The summed E-state index contributed by atoms with van der Waals surface area (Å²) in [7, 11) is 0. The summed E-state index contributed by atoms with van der Waals surface area (Å²) < 4.78 is 0. The summed E-state index contributed by atoms with van der Waals surface area (Å²) in [4.78, 5) is 19.4. The highest BCUT2D eigenvalue weighted by atomic mass is 16.1. The van der Waals surface area contributed by atoms with Gasteiger partial charge in [-0.2, -0.15) is 0 Å². The highest BCUT2D eigenvalue weighted by molar-refractivity contribution is 5.97. The van der Waals surface area contributed by atoms with Crippen molar-refractivity contribution in [3.8, 4) is 0 Å². The standard InChI is InChI=1S/C18H21N3O/c22-18(15-10-14-3-1-2-4-17(14)19-11-15)20-16-9-13-5-7-21(12-16)8-6-13/h1-4,10-11,13,16H,5-9,12H2,(H,20,22)/t16-/m1/s1. The summed E-state index contributed by atoms with van der Waals surface area (Å²) in [5.41, 5.74) is 1.59. The van der Waals surface area contributed by atoms with Crippen molar-refractivity contribution >= 4 is 16.8 Å². The molecule has 3 fully saturated rings. The molecule has 3 aliphatic heterocycles. The number of para-hydroxylation sites is 1. The van der Waals surface area contributed by atoms with E-state index in [9.17, 15) is 4.79 Å². The molecule has 0 aliphatic carbocycles. The molecule has 22 heavy (non-hydrogen) atoms. The van der Waals surface area contributed by atoms with E-state index in [2.05, 4.69) is 15.2 Å². The zero-order chi connectivity index (χ0) is 14.9. The van der Waals surface area contributed by atoms with Gasteiger partial charge in [-0.25, -0.2) is 0 Å². The summed E-state index contributed by atoms with van der Waals surface area (Å²) in [6, 6.07) is 10.1. The molecule has 1 N–H and O–H groups in total. The first-order valence-corrected chi connectivity index (χ1v) is 8.16. The zero-order valence-electron chi connectivity index (χ0n) is 12.7. The van der Waals surface area contributed by atoms with Crippen LogP contribution >= 0.6 is 0 Å². The molecule has 1 aromatic carbocycles. The zero-order valence-corrected chi connectivity index (χ0v) is 12.7. The monoisotopic (exact) mass is 295 g/mol. The van der Waals surface area contributed by atoms with Crippen LogP contribution in [0.1, 0.15) is 29.6 Å². The second-order valence-corrected chi connectivity index (χ2v) is 6.57. The first kappa shape index (κ1) is 13.7.